The molecule has 0 fully saturated rings. The van der Waals surface area contributed by atoms with Crippen LogP contribution in [0.5, 0.6) is 0 Å². The molecule has 0 aliphatic heterocycles. The van der Waals surface area contributed by atoms with E-state index in [0.29, 0.717) is 5.78 Å². The molecule has 0 atom stereocenters. The van der Waals surface area contributed by atoms with Crippen LogP contribution in [0.15, 0.2) is 24.3 Å². The second-order valence-electron chi connectivity index (χ2n) is 5.48. The van der Waals surface area contributed by atoms with Crippen LogP contribution in [0.1, 0.15) is 38.3 Å². The number of carbonyl (C=O) groups is 1. The molecule has 1 nitrogen and oxygen atoms in total. The van der Waals surface area contributed by atoms with Crippen molar-refractivity contribution in [1.82, 2.24) is 0 Å². The quantitative estimate of drug-likeness (QED) is 0.756. The molecule has 0 unspecified atom stereocenters. The molecule has 0 saturated carbocycles. The Balaban J connectivity index is 2.15. The molecule has 86 valence electrons. The molecule has 0 radical (unpaired) electrons. The van der Waals surface area contributed by atoms with Crippen molar-refractivity contribution in [2.45, 2.75) is 40.0 Å². The molecule has 0 saturated heterocycles. The van der Waals surface area contributed by atoms with Gasteiger partial charge in [0.15, 0.2) is 0 Å². The first-order chi connectivity index (χ1) is 7.54. The third-order valence-corrected chi connectivity index (χ3v) is 3.97. The minimum atomic E-state index is -0.160. The molecular weight excluding hydrogens is 196 g/mol. The Morgan fingerprint density at radius 1 is 1.25 bits per heavy atom. The van der Waals surface area contributed by atoms with E-state index in [0.717, 1.165) is 19.3 Å². The van der Waals surface area contributed by atoms with Crippen LogP contribution in [0.2, 0.25) is 0 Å². The van der Waals surface area contributed by atoms with Crippen LogP contribution in [-0.2, 0) is 17.6 Å². The average Bonchev–Trinajstić information content (AvgIpc) is 2.71. The Labute approximate surface area is 97.9 Å². The highest BCUT2D eigenvalue weighted by Crippen LogP contribution is 2.33. The molecule has 0 N–H and O–H groups in total. The van der Waals surface area contributed by atoms with Gasteiger partial charge < -0.3 is 0 Å². The van der Waals surface area contributed by atoms with Gasteiger partial charge >= 0.3 is 0 Å². The number of carbonyl (C=O) groups excluding carboxylic acids is 1. The van der Waals surface area contributed by atoms with E-state index < -0.39 is 0 Å². The van der Waals surface area contributed by atoms with Gasteiger partial charge in [0.05, 0.1) is 0 Å². The summed E-state index contributed by atoms with van der Waals surface area (Å²) in [6, 6.07) is 8.44. The first-order valence-corrected chi connectivity index (χ1v) is 6.15. The fourth-order valence-corrected chi connectivity index (χ4v) is 2.47. The Morgan fingerprint density at radius 2 is 1.75 bits per heavy atom. The predicted molar refractivity (Wildman–Crippen MR) is 66.4 cm³/mol. The molecule has 1 aliphatic carbocycles. The van der Waals surface area contributed by atoms with Crippen molar-refractivity contribution in [1.29, 1.82) is 0 Å². The summed E-state index contributed by atoms with van der Waals surface area (Å²) in [7, 11) is 0. The first-order valence-electron chi connectivity index (χ1n) is 6.15. The molecule has 0 bridgehead atoms. The van der Waals surface area contributed by atoms with E-state index in [-0.39, 0.29) is 11.3 Å². The van der Waals surface area contributed by atoms with Crippen molar-refractivity contribution >= 4 is 5.78 Å². The smallest absolute Gasteiger partial charge is 0.142 e. The van der Waals surface area contributed by atoms with Crippen LogP contribution in [0.25, 0.3) is 0 Å². The maximum atomic E-state index is 12.4. The minimum absolute atomic E-state index is 0.160. The number of benzene rings is 1. The van der Waals surface area contributed by atoms with Gasteiger partial charge in [0.2, 0.25) is 0 Å². The van der Waals surface area contributed by atoms with Gasteiger partial charge in [-0.15, -0.1) is 0 Å². The number of hydrogen-bond donors (Lipinski definition) is 0. The molecule has 1 aromatic carbocycles. The molecule has 0 spiro atoms. The zero-order valence-corrected chi connectivity index (χ0v) is 10.4. The normalized spacial score (nSPS) is 16.2. The van der Waals surface area contributed by atoms with Gasteiger partial charge in [-0.1, -0.05) is 45.0 Å². The van der Waals surface area contributed by atoms with Crippen molar-refractivity contribution < 1.29 is 4.79 Å². The van der Waals surface area contributed by atoms with Crippen LogP contribution < -0.4 is 0 Å². The molecule has 2 rings (SSSR count). The van der Waals surface area contributed by atoms with Gasteiger partial charge in [0, 0.05) is 11.3 Å². The van der Waals surface area contributed by atoms with Crippen LogP contribution >= 0.6 is 0 Å². The maximum absolute atomic E-state index is 12.4. The monoisotopic (exact) mass is 216 g/mol. The van der Waals surface area contributed by atoms with Crippen molar-refractivity contribution in [3.8, 4) is 0 Å². The van der Waals surface area contributed by atoms with E-state index in [4.69, 9.17) is 0 Å². The second kappa shape index (κ2) is 4.04. The fraction of sp³-hybridized carbons (Fsp3) is 0.533. The maximum Gasteiger partial charge on any atom is 0.142 e. The van der Waals surface area contributed by atoms with Gasteiger partial charge in [0.25, 0.3) is 0 Å². The lowest BCUT2D eigenvalue weighted by atomic mass is 9.78. The summed E-state index contributed by atoms with van der Waals surface area (Å²) >= 11 is 0. The summed E-state index contributed by atoms with van der Waals surface area (Å²) in [5, 5.41) is 0. The minimum Gasteiger partial charge on any atom is -0.299 e. The third kappa shape index (κ3) is 1.91. The number of ketones is 1. The molecule has 0 amide bonds. The molecule has 1 aromatic rings. The van der Waals surface area contributed by atoms with Gasteiger partial charge in [0.1, 0.15) is 5.78 Å². The highest BCUT2D eigenvalue weighted by Gasteiger charge is 2.35. The van der Waals surface area contributed by atoms with Crippen LogP contribution in [0.4, 0.5) is 0 Å². The van der Waals surface area contributed by atoms with Gasteiger partial charge in [-0.05, 0) is 30.4 Å². The third-order valence-electron chi connectivity index (χ3n) is 3.97. The SMILES string of the molecule is CCC(C)(C)C(=O)C1Cc2ccccc2C1. The fourth-order valence-electron chi connectivity index (χ4n) is 2.47. The van der Waals surface area contributed by atoms with E-state index in [2.05, 4.69) is 45.0 Å². The van der Waals surface area contributed by atoms with Crippen LogP contribution in [-0.4, -0.2) is 5.78 Å². The lowest BCUT2D eigenvalue weighted by molar-refractivity contribution is -0.131. The van der Waals surface area contributed by atoms with Gasteiger partial charge in [-0.25, -0.2) is 0 Å². The number of Topliss-reactive ketones (excluding diaryl/α,β-unsaturated/α-hetero) is 1. The Kier molecular flexibility index (Phi) is 2.88. The Morgan fingerprint density at radius 3 is 2.19 bits per heavy atom. The molecule has 1 aliphatic rings. The molecular formula is C15H20O. The van der Waals surface area contributed by atoms with E-state index in [1.54, 1.807) is 0 Å². The molecule has 16 heavy (non-hydrogen) atoms. The van der Waals surface area contributed by atoms with Crippen molar-refractivity contribution in [3.05, 3.63) is 35.4 Å². The topological polar surface area (TPSA) is 17.1 Å². The summed E-state index contributed by atoms with van der Waals surface area (Å²) in [5.74, 6) is 0.651. The van der Waals surface area contributed by atoms with Crippen molar-refractivity contribution in [2.75, 3.05) is 0 Å². The number of fused-ring (bicyclic) bond motifs is 1. The van der Waals surface area contributed by atoms with Crippen LogP contribution in [0.3, 0.4) is 0 Å². The summed E-state index contributed by atoms with van der Waals surface area (Å²) in [4.78, 5) is 12.4. The van der Waals surface area contributed by atoms with E-state index in [9.17, 15) is 4.79 Å². The summed E-state index contributed by atoms with van der Waals surface area (Å²) in [6.07, 6.45) is 2.82. The highest BCUT2D eigenvalue weighted by molar-refractivity contribution is 5.87. The zero-order valence-electron chi connectivity index (χ0n) is 10.4. The Hall–Kier alpha value is -1.11. The number of hydrogen-bond acceptors (Lipinski definition) is 1. The highest BCUT2D eigenvalue weighted by atomic mass is 16.1. The standard InChI is InChI=1S/C15H20O/c1-4-15(2,3)14(16)13-9-11-7-5-6-8-12(11)10-13/h5-8,13H,4,9-10H2,1-3H3. The number of rotatable bonds is 3. The second-order valence-corrected chi connectivity index (χ2v) is 5.48. The van der Waals surface area contributed by atoms with Crippen LogP contribution in [0, 0.1) is 11.3 Å². The molecule has 1 heteroatoms. The summed E-state index contributed by atoms with van der Waals surface area (Å²) < 4.78 is 0. The lowest BCUT2D eigenvalue weighted by Gasteiger charge is -2.24. The summed E-state index contributed by atoms with van der Waals surface area (Å²) in [6.45, 7) is 6.23. The van der Waals surface area contributed by atoms with E-state index >= 15 is 0 Å². The Bertz CT molecular complexity index is 379. The molecule has 0 aromatic heterocycles. The van der Waals surface area contributed by atoms with E-state index in [1.165, 1.54) is 11.1 Å². The molecule has 0 heterocycles. The van der Waals surface area contributed by atoms with Gasteiger partial charge in [-0.2, -0.15) is 0 Å². The predicted octanol–water partition coefficient (Wildman–Crippen LogP) is 3.41. The summed E-state index contributed by atoms with van der Waals surface area (Å²) in [5.41, 5.74) is 2.58. The average molecular weight is 216 g/mol. The van der Waals surface area contributed by atoms with Gasteiger partial charge in [-0.3, -0.25) is 4.79 Å². The zero-order chi connectivity index (χ0) is 11.8. The van der Waals surface area contributed by atoms with Crippen molar-refractivity contribution in [3.63, 3.8) is 0 Å². The lowest BCUT2D eigenvalue weighted by Crippen LogP contribution is -2.30. The first kappa shape index (κ1) is 11.4. The van der Waals surface area contributed by atoms with E-state index in [1.807, 2.05) is 0 Å². The van der Waals surface area contributed by atoms with Crippen molar-refractivity contribution in [2.24, 2.45) is 11.3 Å². The largest absolute Gasteiger partial charge is 0.299 e.